The van der Waals surface area contributed by atoms with Gasteiger partial charge in [-0.05, 0) is 73.9 Å². The highest BCUT2D eigenvalue weighted by molar-refractivity contribution is 7.92. The van der Waals surface area contributed by atoms with E-state index in [1.165, 1.54) is 4.90 Å². The Bertz CT molecular complexity index is 1370. The number of nitrogens with one attached hydrogen (secondary N) is 1. The van der Waals surface area contributed by atoms with Crippen LogP contribution in [0.1, 0.15) is 39.2 Å². The van der Waals surface area contributed by atoms with Gasteiger partial charge in [0.25, 0.3) is 0 Å². The number of anilines is 1. The number of carbonyl (C=O) groups excluding carboxylic acids is 2. The minimum absolute atomic E-state index is 0.0711. The summed E-state index contributed by atoms with van der Waals surface area (Å²) in [5, 5.41) is 3.50. The van der Waals surface area contributed by atoms with Crippen molar-refractivity contribution >= 4 is 39.1 Å². The zero-order chi connectivity index (χ0) is 29.3. The molecule has 0 fully saturated rings. The van der Waals surface area contributed by atoms with Crippen molar-refractivity contribution in [2.45, 2.75) is 52.2 Å². The summed E-state index contributed by atoms with van der Waals surface area (Å²) in [6.45, 7) is 5.32. The van der Waals surface area contributed by atoms with Crippen molar-refractivity contribution in [2.75, 3.05) is 17.1 Å². The van der Waals surface area contributed by atoms with Crippen LogP contribution >= 0.6 is 11.6 Å². The average molecular weight is 586 g/mol. The van der Waals surface area contributed by atoms with Gasteiger partial charge in [0, 0.05) is 17.6 Å². The first kappa shape index (κ1) is 31.0. The van der Waals surface area contributed by atoms with Crippen LogP contribution in [0, 0.1) is 0 Å². The van der Waals surface area contributed by atoms with E-state index in [0.29, 0.717) is 28.6 Å². The van der Waals surface area contributed by atoms with Gasteiger partial charge >= 0.3 is 0 Å². The molecular weight excluding hydrogens is 550 g/mol. The van der Waals surface area contributed by atoms with Gasteiger partial charge in [0.1, 0.15) is 24.1 Å². The molecule has 40 heavy (non-hydrogen) atoms. The van der Waals surface area contributed by atoms with Crippen molar-refractivity contribution < 1.29 is 22.7 Å². The van der Waals surface area contributed by atoms with Crippen LogP contribution in [0.3, 0.4) is 0 Å². The summed E-state index contributed by atoms with van der Waals surface area (Å²) in [7, 11) is -3.85. The summed E-state index contributed by atoms with van der Waals surface area (Å²) >= 11 is 6.04. The fourth-order valence-corrected chi connectivity index (χ4v) is 5.04. The van der Waals surface area contributed by atoms with Crippen molar-refractivity contribution in [3.8, 4) is 11.5 Å². The largest absolute Gasteiger partial charge is 0.457 e. The molecule has 3 rings (SSSR count). The van der Waals surface area contributed by atoms with E-state index in [9.17, 15) is 18.0 Å². The monoisotopic (exact) mass is 585 g/mol. The van der Waals surface area contributed by atoms with Crippen molar-refractivity contribution in [1.29, 1.82) is 0 Å². The first-order valence-electron chi connectivity index (χ1n) is 13.2. The number of amides is 2. The first-order valence-corrected chi connectivity index (χ1v) is 15.4. The van der Waals surface area contributed by atoms with Gasteiger partial charge in [-0.2, -0.15) is 0 Å². The molecule has 0 aliphatic heterocycles. The lowest BCUT2D eigenvalue weighted by Crippen LogP contribution is -2.53. The quantitative estimate of drug-likeness (QED) is 0.281. The molecule has 2 atom stereocenters. The molecule has 3 aromatic carbocycles. The van der Waals surface area contributed by atoms with Crippen LogP contribution in [0.4, 0.5) is 5.69 Å². The molecular formula is C30H36ClN3O5S. The van der Waals surface area contributed by atoms with Gasteiger partial charge in [-0.1, -0.05) is 55.8 Å². The van der Waals surface area contributed by atoms with Crippen molar-refractivity contribution in [3.63, 3.8) is 0 Å². The average Bonchev–Trinajstić information content (AvgIpc) is 2.93. The number of rotatable bonds is 13. The van der Waals surface area contributed by atoms with E-state index >= 15 is 0 Å². The van der Waals surface area contributed by atoms with E-state index in [-0.39, 0.29) is 18.5 Å². The second-order valence-electron chi connectivity index (χ2n) is 9.57. The number of hydrogen-bond donors (Lipinski definition) is 1. The van der Waals surface area contributed by atoms with E-state index in [2.05, 4.69) is 5.32 Å². The lowest BCUT2D eigenvalue weighted by Gasteiger charge is -2.33. The number of para-hydroxylation sites is 1. The number of sulfonamides is 1. The number of nitrogens with zero attached hydrogens (tertiary/aromatic N) is 2. The number of ether oxygens (including phenoxy) is 1. The number of benzene rings is 3. The Morgan fingerprint density at radius 3 is 2.05 bits per heavy atom. The Hall–Kier alpha value is -3.56. The van der Waals surface area contributed by atoms with Gasteiger partial charge in [0.15, 0.2) is 0 Å². The van der Waals surface area contributed by atoms with Crippen LogP contribution in [0.15, 0.2) is 78.9 Å². The molecule has 0 aliphatic rings. The predicted octanol–water partition coefficient (Wildman–Crippen LogP) is 5.62. The Labute approximate surface area is 241 Å². The number of hydrogen-bond acceptors (Lipinski definition) is 5. The number of halogens is 1. The van der Waals surface area contributed by atoms with Crippen LogP contribution in [0.2, 0.25) is 5.02 Å². The summed E-state index contributed by atoms with van der Waals surface area (Å²) in [6.07, 6.45) is 2.14. The highest BCUT2D eigenvalue weighted by Gasteiger charge is 2.32. The molecule has 8 nitrogen and oxygen atoms in total. The fourth-order valence-electron chi connectivity index (χ4n) is 4.07. The maximum atomic E-state index is 13.8. The minimum Gasteiger partial charge on any atom is -0.457 e. The molecule has 0 saturated carbocycles. The van der Waals surface area contributed by atoms with Crippen LogP contribution in [0.25, 0.3) is 0 Å². The predicted molar refractivity (Wildman–Crippen MR) is 159 cm³/mol. The standard InChI is InChI=1S/C30H36ClN3O5S/c1-5-22(3)32-30(36)28(6-2)33(20-23-12-14-24(31)15-13-23)29(35)21-34(40(4,37)38)25-16-18-27(19-17-25)39-26-10-8-7-9-11-26/h7-19,22,28H,5-6,20-21H2,1-4H3,(H,32,36)/t22-,28-/m1/s1. The third kappa shape index (κ3) is 8.72. The Kier molecular flexibility index (Phi) is 11.0. The zero-order valence-corrected chi connectivity index (χ0v) is 24.8. The summed E-state index contributed by atoms with van der Waals surface area (Å²) in [5.41, 5.74) is 1.07. The third-order valence-electron chi connectivity index (χ3n) is 6.44. The molecule has 0 aromatic heterocycles. The lowest BCUT2D eigenvalue weighted by atomic mass is 10.1. The smallest absolute Gasteiger partial charge is 0.244 e. The molecule has 3 aromatic rings. The van der Waals surface area contributed by atoms with Crippen LogP contribution in [-0.2, 0) is 26.2 Å². The van der Waals surface area contributed by atoms with Crippen molar-refractivity contribution in [2.24, 2.45) is 0 Å². The summed E-state index contributed by atoms with van der Waals surface area (Å²) in [4.78, 5) is 28.4. The summed E-state index contributed by atoms with van der Waals surface area (Å²) in [5.74, 6) is 0.375. The second-order valence-corrected chi connectivity index (χ2v) is 11.9. The van der Waals surface area contributed by atoms with Crippen LogP contribution < -0.4 is 14.4 Å². The third-order valence-corrected chi connectivity index (χ3v) is 7.83. The van der Waals surface area contributed by atoms with E-state index in [1.807, 2.05) is 51.1 Å². The Morgan fingerprint density at radius 1 is 0.900 bits per heavy atom. The highest BCUT2D eigenvalue weighted by atomic mass is 35.5. The van der Waals surface area contributed by atoms with E-state index in [4.69, 9.17) is 16.3 Å². The van der Waals surface area contributed by atoms with E-state index in [1.54, 1.807) is 48.5 Å². The highest BCUT2D eigenvalue weighted by Crippen LogP contribution is 2.26. The Balaban J connectivity index is 1.89. The SMILES string of the molecule is CC[C@@H](C)NC(=O)[C@@H](CC)N(Cc1ccc(Cl)cc1)C(=O)CN(c1ccc(Oc2ccccc2)cc1)S(C)(=O)=O. The van der Waals surface area contributed by atoms with Gasteiger partial charge in [-0.3, -0.25) is 13.9 Å². The van der Waals surface area contributed by atoms with Crippen molar-refractivity contribution in [3.05, 3.63) is 89.4 Å². The lowest BCUT2D eigenvalue weighted by molar-refractivity contribution is -0.140. The second kappa shape index (κ2) is 14.2. The molecule has 0 unspecified atom stereocenters. The molecule has 0 saturated heterocycles. The van der Waals surface area contributed by atoms with Crippen LogP contribution in [0.5, 0.6) is 11.5 Å². The topological polar surface area (TPSA) is 96.0 Å². The Morgan fingerprint density at radius 2 is 1.50 bits per heavy atom. The molecule has 0 heterocycles. The first-order chi connectivity index (χ1) is 19.0. The van der Waals surface area contributed by atoms with Crippen LogP contribution in [-0.4, -0.2) is 50.0 Å². The van der Waals surface area contributed by atoms with Gasteiger partial charge in [0.05, 0.1) is 11.9 Å². The summed E-state index contributed by atoms with van der Waals surface area (Å²) in [6, 6.07) is 21.8. The van der Waals surface area contributed by atoms with E-state index in [0.717, 1.165) is 22.5 Å². The van der Waals surface area contributed by atoms with E-state index < -0.39 is 28.5 Å². The van der Waals surface area contributed by atoms with Gasteiger partial charge in [-0.15, -0.1) is 0 Å². The molecule has 214 valence electrons. The molecule has 1 N–H and O–H groups in total. The maximum absolute atomic E-state index is 13.8. The molecule has 0 spiro atoms. The minimum atomic E-state index is -3.85. The molecule has 2 amide bonds. The van der Waals surface area contributed by atoms with Gasteiger partial charge in [-0.25, -0.2) is 8.42 Å². The zero-order valence-electron chi connectivity index (χ0n) is 23.2. The molecule has 10 heteroatoms. The fraction of sp³-hybridized carbons (Fsp3) is 0.333. The molecule has 0 radical (unpaired) electrons. The number of carbonyl (C=O) groups is 2. The normalized spacial score (nSPS) is 12.7. The molecule has 0 aliphatic carbocycles. The van der Waals surface area contributed by atoms with Gasteiger partial charge in [0.2, 0.25) is 21.8 Å². The maximum Gasteiger partial charge on any atom is 0.244 e. The molecule has 0 bridgehead atoms. The van der Waals surface area contributed by atoms with Gasteiger partial charge < -0.3 is 15.0 Å². The van der Waals surface area contributed by atoms with Crippen molar-refractivity contribution in [1.82, 2.24) is 10.2 Å². The summed E-state index contributed by atoms with van der Waals surface area (Å²) < 4.78 is 32.5.